The van der Waals surface area contributed by atoms with Crippen molar-refractivity contribution in [3.05, 3.63) is 5.82 Å². The summed E-state index contributed by atoms with van der Waals surface area (Å²) in [5.41, 5.74) is 0. The normalized spacial score (nSPS) is 25.1. The molecule has 1 aromatic heterocycles. The molecule has 0 fully saturated rings. The number of hydrogen-bond acceptors (Lipinski definition) is 4. The predicted octanol–water partition coefficient (Wildman–Crippen LogP) is 2.17. The maximum Gasteiger partial charge on any atom is 0.453 e. The van der Waals surface area contributed by atoms with Crippen molar-refractivity contribution in [2.24, 2.45) is 11.8 Å². The molecule has 0 radical (unpaired) electrons. The summed E-state index contributed by atoms with van der Waals surface area (Å²) >= 11 is 1.20. The number of halogens is 3. The summed E-state index contributed by atoms with van der Waals surface area (Å²) in [6, 6.07) is 0. The summed E-state index contributed by atoms with van der Waals surface area (Å²) in [6.07, 6.45) is -5.60. The quantitative estimate of drug-likeness (QED) is 0.847. The van der Waals surface area contributed by atoms with E-state index in [9.17, 15) is 18.3 Å². The number of aromatic nitrogens is 3. The number of aliphatic hydroxyl groups excluding tert-OH is 1. The third-order valence-electron chi connectivity index (χ3n) is 2.75. The Hall–Kier alpha value is -0.760. The summed E-state index contributed by atoms with van der Waals surface area (Å²) in [5, 5.41) is 13.4. The average Bonchev–Trinajstić information content (AvgIpc) is 2.61. The molecule has 96 valence electrons. The van der Waals surface area contributed by atoms with E-state index in [1.165, 1.54) is 11.8 Å². The van der Waals surface area contributed by atoms with Crippen LogP contribution in [0.1, 0.15) is 25.9 Å². The zero-order valence-corrected chi connectivity index (χ0v) is 10.1. The zero-order chi connectivity index (χ0) is 12.8. The summed E-state index contributed by atoms with van der Waals surface area (Å²) in [5.74, 6) is -0.586. The minimum atomic E-state index is -4.57. The van der Waals surface area contributed by atoms with E-state index in [4.69, 9.17) is 0 Å². The summed E-state index contributed by atoms with van der Waals surface area (Å²) in [7, 11) is 0. The van der Waals surface area contributed by atoms with Crippen LogP contribution in [0.3, 0.4) is 0 Å². The molecule has 1 N–H and O–H groups in total. The second kappa shape index (κ2) is 4.16. The Bertz CT molecular complexity index is 418. The number of hydrogen-bond donors (Lipinski definition) is 1. The molecular weight excluding hydrogens is 255 g/mol. The van der Waals surface area contributed by atoms with Gasteiger partial charge in [-0.15, -0.1) is 5.10 Å². The molecule has 0 saturated heterocycles. The molecule has 0 aromatic carbocycles. The molecule has 1 aromatic rings. The monoisotopic (exact) mass is 267 g/mol. The summed E-state index contributed by atoms with van der Waals surface area (Å²) < 4.78 is 38.3. The number of nitrogens with zero attached hydrogens (tertiary/aromatic N) is 3. The lowest BCUT2D eigenvalue weighted by Gasteiger charge is -2.30. The predicted molar refractivity (Wildman–Crippen MR) is 55.3 cm³/mol. The van der Waals surface area contributed by atoms with Crippen LogP contribution in [-0.4, -0.2) is 25.6 Å². The summed E-state index contributed by atoms with van der Waals surface area (Å²) in [6.45, 7) is 3.84. The Morgan fingerprint density at radius 3 is 2.65 bits per heavy atom. The Morgan fingerprint density at radius 1 is 1.47 bits per heavy atom. The standard InChI is InChI=1S/C9H12F3N3OS/c1-4(2)5-3-17-8-13-7(9(10,11)12)14-15(8)6(5)16/h4-6,16H,3H2,1-2H3. The molecule has 0 amide bonds. The third-order valence-corrected chi connectivity index (χ3v) is 3.84. The highest BCUT2D eigenvalue weighted by molar-refractivity contribution is 7.99. The van der Waals surface area contributed by atoms with Crippen molar-refractivity contribution < 1.29 is 18.3 Å². The Balaban J connectivity index is 2.34. The Kier molecular flexibility index (Phi) is 3.11. The van der Waals surface area contributed by atoms with Crippen molar-refractivity contribution >= 4 is 11.8 Å². The molecule has 0 aliphatic carbocycles. The van der Waals surface area contributed by atoms with E-state index in [1.807, 2.05) is 13.8 Å². The number of thioether (sulfide) groups is 1. The average molecular weight is 267 g/mol. The minimum Gasteiger partial charge on any atom is -0.371 e. The topological polar surface area (TPSA) is 50.9 Å². The van der Waals surface area contributed by atoms with E-state index in [-0.39, 0.29) is 17.0 Å². The van der Waals surface area contributed by atoms with Gasteiger partial charge in [-0.2, -0.15) is 18.2 Å². The first-order chi connectivity index (χ1) is 7.80. The molecule has 2 heterocycles. The summed E-state index contributed by atoms with van der Waals surface area (Å²) in [4.78, 5) is 3.40. The first-order valence-corrected chi connectivity index (χ1v) is 6.14. The van der Waals surface area contributed by atoms with Crippen LogP contribution >= 0.6 is 11.8 Å². The van der Waals surface area contributed by atoms with Gasteiger partial charge >= 0.3 is 6.18 Å². The van der Waals surface area contributed by atoms with E-state index in [0.29, 0.717) is 5.75 Å². The lowest BCUT2D eigenvalue weighted by molar-refractivity contribution is -0.145. The van der Waals surface area contributed by atoms with Crippen LogP contribution in [0.5, 0.6) is 0 Å². The molecule has 8 heteroatoms. The fourth-order valence-corrected chi connectivity index (χ4v) is 3.01. The molecule has 0 bridgehead atoms. The van der Waals surface area contributed by atoms with Crippen LogP contribution in [0.15, 0.2) is 5.16 Å². The van der Waals surface area contributed by atoms with Gasteiger partial charge in [-0.25, -0.2) is 4.68 Å². The first-order valence-electron chi connectivity index (χ1n) is 5.15. The van der Waals surface area contributed by atoms with E-state index < -0.39 is 18.2 Å². The number of rotatable bonds is 1. The molecule has 0 saturated carbocycles. The van der Waals surface area contributed by atoms with Gasteiger partial charge in [-0.3, -0.25) is 0 Å². The van der Waals surface area contributed by atoms with E-state index in [2.05, 4.69) is 10.1 Å². The second-order valence-electron chi connectivity index (χ2n) is 4.29. The molecule has 2 rings (SSSR count). The molecule has 0 spiro atoms. The van der Waals surface area contributed by atoms with Crippen LogP contribution in [0.25, 0.3) is 0 Å². The Labute approximate surface area is 100 Å². The lowest BCUT2D eigenvalue weighted by atomic mass is 9.96. The van der Waals surface area contributed by atoms with E-state index in [0.717, 1.165) is 4.68 Å². The minimum absolute atomic E-state index is 0.115. The third kappa shape index (κ3) is 2.28. The van der Waals surface area contributed by atoms with Crippen LogP contribution in [-0.2, 0) is 6.18 Å². The van der Waals surface area contributed by atoms with E-state index >= 15 is 0 Å². The van der Waals surface area contributed by atoms with Gasteiger partial charge in [0.05, 0.1) is 0 Å². The van der Waals surface area contributed by atoms with Crippen LogP contribution in [0, 0.1) is 11.8 Å². The van der Waals surface area contributed by atoms with Gasteiger partial charge in [0.25, 0.3) is 5.82 Å². The number of alkyl halides is 3. The number of fused-ring (bicyclic) bond motifs is 1. The van der Waals surface area contributed by atoms with Gasteiger partial charge in [0.1, 0.15) is 0 Å². The molecule has 1 aliphatic heterocycles. The van der Waals surface area contributed by atoms with Crippen molar-refractivity contribution in [1.29, 1.82) is 0 Å². The van der Waals surface area contributed by atoms with Crippen LogP contribution in [0.2, 0.25) is 0 Å². The fourth-order valence-electron chi connectivity index (χ4n) is 1.67. The van der Waals surface area contributed by atoms with Gasteiger partial charge in [0.2, 0.25) is 0 Å². The molecule has 2 atom stereocenters. The first kappa shape index (κ1) is 12.7. The zero-order valence-electron chi connectivity index (χ0n) is 9.27. The van der Waals surface area contributed by atoms with E-state index in [1.54, 1.807) is 0 Å². The maximum absolute atomic E-state index is 12.4. The van der Waals surface area contributed by atoms with Crippen LogP contribution < -0.4 is 0 Å². The highest BCUT2D eigenvalue weighted by atomic mass is 32.2. The molecule has 17 heavy (non-hydrogen) atoms. The number of aliphatic hydroxyl groups is 1. The van der Waals surface area contributed by atoms with Crippen molar-refractivity contribution in [1.82, 2.24) is 14.8 Å². The molecule has 4 nitrogen and oxygen atoms in total. The highest BCUT2D eigenvalue weighted by Gasteiger charge is 2.40. The SMILES string of the molecule is CC(C)C1CSc2nc(C(F)(F)F)nn2C1O. The molecule has 2 unspecified atom stereocenters. The van der Waals surface area contributed by atoms with Gasteiger partial charge < -0.3 is 5.11 Å². The van der Waals surface area contributed by atoms with Gasteiger partial charge in [0.15, 0.2) is 11.4 Å². The van der Waals surface area contributed by atoms with Gasteiger partial charge in [-0.1, -0.05) is 25.6 Å². The van der Waals surface area contributed by atoms with Crippen LogP contribution in [0.4, 0.5) is 13.2 Å². The van der Waals surface area contributed by atoms with Crippen molar-refractivity contribution in [2.75, 3.05) is 5.75 Å². The highest BCUT2D eigenvalue weighted by Crippen LogP contribution is 2.38. The van der Waals surface area contributed by atoms with Gasteiger partial charge in [-0.05, 0) is 5.92 Å². The molecule has 1 aliphatic rings. The largest absolute Gasteiger partial charge is 0.453 e. The van der Waals surface area contributed by atoms with Crippen molar-refractivity contribution in [2.45, 2.75) is 31.4 Å². The smallest absolute Gasteiger partial charge is 0.371 e. The maximum atomic E-state index is 12.4. The Morgan fingerprint density at radius 2 is 2.12 bits per heavy atom. The second-order valence-corrected chi connectivity index (χ2v) is 5.28. The van der Waals surface area contributed by atoms with Crippen molar-refractivity contribution in [3.63, 3.8) is 0 Å². The van der Waals surface area contributed by atoms with Gasteiger partial charge in [0, 0.05) is 11.7 Å². The fraction of sp³-hybridized carbons (Fsp3) is 0.778. The van der Waals surface area contributed by atoms with Crippen molar-refractivity contribution in [3.8, 4) is 0 Å². The lowest BCUT2D eigenvalue weighted by Crippen LogP contribution is -2.30. The molecular formula is C9H12F3N3OS.